The lowest BCUT2D eigenvalue weighted by Crippen LogP contribution is -2.39. The average Bonchev–Trinajstić information content (AvgIpc) is 3.18. The van der Waals surface area contributed by atoms with Gasteiger partial charge in [-0.2, -0.15) is 0 Å². The number of hydrogen-bond acceptors (Lipinski definition) is 3. The number of carbonyl (C=O) groups excluding carboxylic acids is 1. The van der Waals surface area contributed by atoms with E-state index in [-0.39, 0.29) is 18.1 Å². The van der Waals surface area contributed by atoms with Gasteiger partial charge in [0.1, 0.15) is 0 Å². The lowest BCUT2D eigenvalue weighted by atomic mass is 10.0. The van der Waals surface area contributed by atoms with Crippen molar-refractivity contribution in [3.63, 3.8) is 0 Å². The van der Waals surface area contributed by atoms with E-state index in [9.17, 15) is 4.79 Å². The van der Waals surface area contributed by atoms with E-state index in [1.54, 1.807) is 0 Å². The third-order valence-electron chi connectivity index (χ3n) is 5.55. The van der Waals surface area contributed by atoms with Crippen LogP contribution in [0.15, 0.2) is 24.3 Å². The fourth-order valence-corrected chi connectivity index (χ4v) is 3.85. The van der Waals surface area contributed by atoms with Gasteiger partial charge in [0.2, 0.25) is 5.91 Å². The van der Waals surface area contributed by atoms with Crippen molar-refractivity contribution in [2.75, 3.05) is 26.3 Å². The molecule has 4 nitrogen and oxygen atoms in total. The van der Waals surface area contributed by atoms with Gasteiger partial charge in [0, 0.05) is 32.7 Å². The van der Waals surface area contributed by atoms with Gasteiger partial charge in [-0.25, -0.2) is 0 Å². The largest absolute Gasteiger partial charge is 0.378 e. The monoisotopic (exact) mass is 359 g/mol. The maximum atomic E-state index is 12.9. The fraction of sp³-hybridized carbons (Fsp3) is 0.682. The topological polar surface area (TPSA) is 38.8 Å². The molecule has 1 aromatic rings. The van der Waals surface area contributed by atoms with Crippen molar-refractivity contribution in [1.82, 2.24) is 4.90 Å². The number of amides is 1. The molecular weight excluding hydrogens is 326 g/mol. The van der Waals surface area contributed by atoms with Crippen LogP contribution in [0.2, 0.25) is 0 Å². The van der Waals surface area contributed by atoms with E-state index in [4.69, 9.17) is 9.47 Å². The van der Waals surface area contributed by atoms with Crippen LogP contribution in [-0.4, -0.2) is 49.3 Å². The molecule has 0 unspecified atom stereocenters. The summed E-state index contributed by atoms with van der Waals surface area (Å²) in [4.78, 5) is 14.9. The van der Waals surface area contributed by atoms with Crippen LogP contribution in [0.4, 0.5) is 0 Å². The van der Waals surface area contributed by atoms with Gasteiger partial charge in [0.05, 0.1) is 12.2 Å². The molecular formula is C22H33NO3. The third-order valence-corrected chi connectivity index (χ3v) is 5.55. The van der Waals surface area contributed by atoms with Crippen molar-refractivity contribution in [2.45, 2.75) is 70.5 Å². The van der Waals surface area contributed by atoms with Crippen LogP contribution in [0, 0.1) is 6.92 Å². The van der Waals surface area contributed by atoms with E-state index >= 15 is 0 Å². The normalized spacial score (nSPS) is 23.1. The first-order chi connectivity index (χ1) is 12.7. The van der Waals surface area contributed by atoms with Crippen LogP contribution in [-0.2, 0) is 20.7 Å². The van der Waals surface area contributed by atoms with E-state index in [2.05, 4.69) is 31.2 Å². The quantitative estimate of drug-likeness (QED) is 0.707. The number of carbonyl (C=O) groups is 1. The van der Waals surface area contributed by atoms with Crippen molar-refractivity contribution in [1.29, 1.82) is 0 Å². The molecule has 1 aromatic carbocycles. The molecule has 0 saturated carbocycles. The molecule has 3 rings (SSSR count). The zero-order chi connectivity index (χ0) is 18.2. The average molecular weight is 360 g/mol. The summed E-state index contributed by atoms with van der Waals surface area (Å²) in [7, 11) is 0. The molecule has 0 bridgehead atoms. The van der Waals surface area contributed by atoms with Crippen molar-refractivity contribution in [3.8, 4) is 0 Å². The predicted octanol–water partition coefficient (Wildman–Crippen LogP) is 3.89. The summed E-state index contributed by atoms with van der Waals surface area (Å²) in [5.74, 6) is 0.252. The van der Waals surface area contributed by atoms with Gasteiger partial charge in [-0.3, -0.25) is 4.79 Å². The summed E-state index contributed by atoms with van der Waals surface area (Å²) >= 11 is 0. The molecule has 0 aliphatic carbocycles. The zero-order valence-electron chi connectivity index (χ0n) is 16.1. The van der Waals surface area contributed by atoms with Gasteiger partial charge in [0.25, 0.3) is 0 Å². The van der Waals surface area contributed by atoms with Gasteiger partial charge in [0.15, 0.2) is 0 Å². The van der Waals surface area contributed by atoms with E-state index in [0.29, 0.717) is 6.42 Å². The first-order valence-corrected chi connectivity index (χ1v) is 10.3. The van der Waals surface area contributed by atoms with Gasteiger partial charge < -0.3 is 14.4 Å². The van der Waals surface area contributed by atoms with Gasteiger partial charge >= 0.3 is 0 Å². The van der Waals surface area contributed by atoms with Crippen molar-refractivity contribution >= 4 is 5.91 Å². The van der Waals surface area contributed by atoms with Crippen LogP contribution < -0.4 is 0 Å². The lowest BCUT2D eigenvalue weighted by Gasteiger charge is -2.27. The zero-order valence-corrected chi connectivity index (χ0v) is 16.1. The summed E-state index contributed by atoms with van der Waals surface area (Å²) in [6.45, 7) is 5.29. The maximum absolute atomic E-state index is 12.9. The van der Waals surface area contributed by atoms with Gasteiger partial charge in [-0.15, -0.1) is 0 Å². The summed E-state index contributed by atoms with van der Waals surface area (Å²) in [5, 5.41) is 0. The standard InChI is InChI=1S/C22H33NO3/c1-18-7-9-19(10-8-18)13-14-23(17-21-6-4-16-26-21)22(24)12-11-20-5-2-3-15-25-20/h7-10,20-21H,2-6,11-17H2,1H3/t20-,21-/m0/s1. The minimum absolute atomic E-state index is 0.211. The number of rotatable bonds is 8. The molecule has 26 heavy (non-hydrogen) atoms. The number of ether oxygens (including phenoxy) is 2. The summed E-state index contributed by atoms with van der Waals surface area (Å²) in [6.07, 6.45) is 8.49. The number of aryl methyl sites for hydroxylation is 1. The molecule has 2 heterocycles. The van der Waals surface area contributed by atoms with E-state index in [1.807, 2.05) is 4.90 Å². The van der Waals surface area contributed by atoms with E-state index in [0.717, 1.165) is 64.8 Å². The molecule has 0 aromatic heterocycles. The Kier molecular flexibility index (Phi) is 7.51. The first-order valence-electron chi connectivity index (χ1n) is 10.3. The highest BCUT2D eigenvalue weighted by Gasteiger charge is 2.23. The molecule has 2 aliphatic rings. The number of nitrogens with zero attached hydrogens (tertiary/aromatic N) is 1. The second kappa shape index (κ2) is 10.1. The van der Waals surface area contributed by atoms with Crippen molar-refractivity contribution in [3.05, 3.63) is 35.4 Å². The molecule has 0 N–H and O–H groups in total. The second-order valence-electron chi connectivity index (χ2n) is 7.74. The van der Waals surface area contributed by atoms with Gasteiger partial charge in [-0.1, -0.05) is 29.8 Å². The Bertz CT molecular complexity index is 545. The van der Waals surface area contributed by atoms with Crippen molar-refractivity contribution < 1.29 is 14.3 Å². The van der Waals surface area contributed by atoms with Crippen LogP contribution >= 0.6 is 0 Å². The summed E-state index contributed by atoms with van der Waals surface area (Å²) < 4.78 is 11.6. The predicted molar refractivity (Wildman–Crippen MR) is 103 cm³/mol. The Morgan fingerprint density at radius 1 is 1.04 bits per heavy atom. The Labute approximate surface area is 157 Å². The fourth-order valence-electron chi connectivity index (χ4n) is 3.85. The smallest absolute Gasteiger partial charge is 0.222 e. The van der Waals surface area contributed by atoms with E-state index in [1.165, 1.54) is 17.5 Å². The Hall–Kier alpha value is -1.39. The summed E-state index contributed by atoms with van der Waals surface area (Å²) in [6, 6.07) is 8.61. The minimum atomic E-state index is 0.211. The third kappa shape index (κ3) is 6.10. The molecule has 4 heteroatoms. The molecule has 0 radical (unpaired) electrons. The molecule has 2 saturated heterocycles. The molecule has 2 fully saturated rings. The van der Waals surface area contributed by atoms with Gasteiger partial charge in [-0.05, 0) is 57.4 Å². The first kappa shape index (κ1) is 19.4. The SMILES string of the molecule is Cc1ccc(CCN(C[C@@H]2CCCO2)C(=O)CC[C@@H]2CCCCO2)cc1. The summed E-state index contributed by atoms with van der Waals surface area (Å²) in [5.41, 5.74) is 2.56. The Balaban J connectivity index is 1.52. The molecule has 2 atom stereocenters. The molecule has 144 valence electrons. The van der Waals surface area contributed by atoms with Crippen molar-refractivity contribution in [2.24, 2.45) is 0 Å². The lowest BCUT2D eigenvalue weighted by molar-refractivity contribution is -0.133. The molecule has 2 aliphatic heterocycles. The second-order valence-corrected chi connectivity index (χ2v) is 7.74. The highest BCUT2D eigenvalue weighted by Crippen LogP contribution is 2.19. The highest BCUT2D eigenvalue weighted by atomic mass is 16.5. The maximum Gasteiger partial charge on any atom is 0.222 e. The Morgan fingerprint density at radius 3 is 2.46 bits per heavy atom. The van der Waals surface area contributed by atoms with Crippen LogP contribution in [0.25, 0.3) is 0 Å². The Morgan fingerprint density at radius 2 is 1.77 bits per heavy atom. The van der Waals surface area contributed by atoms with E-state index < -0.39 is 0 Å². The molecule has 0 spiro atoms. The van der Waals surface area contributed by atoms with Crippen LogP contribution in [0.1, 0.15) is 56.1 Å². The number of benzene rings is 1. The number of hydrogen-bond donors (Lipinski definition) is 0. The highest BCUT2D eigenvalue weighted by molar-refractivity contribution is 5.76. The van der Waals surface area contributed by atoms with Crippen LogP contribution in [0.5, 0.6) is 0 Å². The van der Waals surface area contributed by atoms with Crippen LogP contribution in [0.3, 0.4) is 0 Å². The molecule has 1 amide bonds. The minimum Gasteiger partial charge on any atom is -0.378 e.